The summed E-state index contributed by atoms with van der Waals surface area (Å²) in [5.41, 5.74) is 1.27. The Balaban J connectivity index is 1.53. The molecule has 1 aromatic carbocycles. The van der Waals surface area contributed by atoms with Crippen LogP contribution < -0.4 is 10.1 Å². The molecule has 4 rings (SSSR count). The van der Waals surface area contributed by atoms with Crippen LogP contribution in [0.3, 0.4) is 0 Å². The Morgan fingerprint density at radius 2 is 1.81 bits per heavy atom. The van der Waals surface area contributed by atoms with E-state index in [-0.39, 0.29) is 11.7 Å². The van der Waals surface area contributed by atoms with E-state index in [9.17, 15) is 22.8 Å². The normalized spacial score (nSPS) is 15.3. The molecule has 1 aliphatic heterocycles. The third-order valence-corrected chi connectivity index (χ3v) is 6.79. The molecule has 2 aromatic heterocycles. The highest BCUT2D eigenvalue weighted by Gasteiger charge is 2.34. The van der Waals surface area contributed by atoms with E-state index in [1.54, 1.807) is 31.3 Å². The van der Waals surface area contributed by atoms with Crippen LogP contribution in [0.2, 0.25) is 0 Å². The summed E-state index contributed by atoms with van der Waals surface area (Å²) >= 11 is 1.45. The highest BCUT2D eigenvalue weighted by molar-refractivity contribution is 7.14. The number of hydrogen-bond acceptors (Lipinski definition) is 7. The van der Waals surface area contributed by atoms with Crippen molar-refractivity contribution in [3.63, 3.8) is 0 Å². The third-order valence-electron chi connectivity index (χ3n) is 5.83. The van der Waals surface area contributed by atoms with Gasteiger partial charge in [-0.05, 0) is 32.0 Å². The van der Waals surface area contributed by atoms with Crippen molar-refractivity contribution >= 4 is 23.3 Å². The number of hydrogen-bond donors (Lipinski definition) is 2. The van der Waals surface area contributed by atoms with Crippen molar-refractivity contribution in [3.8, 4) is 16.3 Å². The molecular weight excluding hydrogens is 511 g/mol. The Morgan fingerprint density at radius 3 is 2.38 bits per heavy atom. The molecule has 2 N–H and O–H groups in total. The molecule has 0 radical (unpaired) electrons. The van der Waals surface area contributed by atoms with E-state index in [0.29, 0.717) is 47.8 Å². The van der Waals surface area contributed by atoms with Crippen LogP contribution in [0.25, 0.3) is 10.6 Å². The number of nitrogens with one attached hydrogen (secondary N) is 1. The molecule has 0 saturated carbocycles. The summed E-state index contributed by atoms with van der Waals surface area (Å²) in [6, 6.07) is 4.37. The third kappa shape index (κ3) is 6.53. The van der Waals surface area contributed by atoms with Crippen LogP contribution in [0, 0.1) is 6.92 Å². The van der Waals surface area contributed by atoms with Gasteiger partial charge >= 0.3 is 12.3 Å². The van der Waals surface area contributed by atoms with Gasteiger partial charge in [-0.15, -0.1) is 11.3 Å². The number of piperidine rings is 1. The number of likely N-dealkylation sites (tertiary alicyclic amines) is 1. The molecule has 1 fully saturated rings. The van der Waals surface area contributed by atoms with E-state index in [4.69, 9.17) is 9.84 Å². The summed E-state index contributed by atoms with van der Waals surface area (Å²) in [4.78, 5) is 37.7. The molecule has 1 unspecified atom stereocenters. The van der Waals surface area contributed by atoms with Gasteiger partial charge in [0.15, 0.2) is 0 Å². The number of aryl methyl sites for hydroxylation is 1. The lowest BCUT2D eigenvalue weighted by atomic mass is 10.1. The number of thiazole rings is 1. The highest BCUT2D eigenvalue weighted by atomic mass is 32.1. The number of aromatic nitrogens is 3. The van der Waals surface area contributed by atoms with Crippen LogP contribution in [-0.2, 0) is 6.18 Å². The number of carboxylic acid groups (broad SMARTS) is 1. The zero-order valence-corrected chi connectivity index (χ0v) is 20.8. The van der Waals surface area contributed by atoms with Gasteiger partial charge in [-0.25, -0.2) is 19.7 Å². The lowest BCUT2D eigenvalue weighted by molar-refractivity contribution is -0.145. The molecule has 37 heavy (non-hydrogen) atoms. The first-order valence-corrected chi connectivity index (χ1v) is 12.2. The van der Waals surface area contributed by atoms with Gasteiger partial charge < -0.3 is 20.1 Å². The van der Waals surface area contributed by atoms with E-state index in [1.807, 2.05) is 6.92 Å². The predicted molar refractivity (Wildman–Crippen MR) is 128 cm³/mol. The van der Waals surface area contributed by atoms with Crippen LogP contribution in [0.4, 0.5) is 18.0 Å². The smallest absolute Gasteiger partial charge is 0.451 e. The first-order chi connectivity index (χ1) is 17.5. The lowest BCUT2D eigenvalue weighted by Gasteiger charge is -2.30. The molecule has 13 heteroatoms. The average molecular weight is 536 g/mol. The van der Waals surface area contributed by atoms with Gasteiger partial charge in [0.2, 0.25) is 5.82 Å². The van der Waals surface area contributed by atoms with E-state index in [1.165, 1.54) is 16.2 Å². The monoisotopic (exact) mass is 535 g/mol. The summed E-state index contributed by atoms with van der Waals surface area (Å²) in [5.74, 6) is -1.28. The largest absolute Gasteiger partial charge is 0.490 e. The Kier molecular flexibility index (Phi) is 7.62. The zero-order valence-electron chi connectivity index (χ0n) is 20.0. The fourth-order valence-electron chi connectivity index (χ4n) is 3.84. The van der Waals surface area contributed by atoms with Crippen molar-refractivity contribution in [3.05, 3.63) is 58.6 Å². The van der Waals surface area contributed by atoms with Gasteiger partial charge in [-0.3, -0.25) is 4.79 Å². The van der Waals surface area contributed by atoms with Crippen molar-refractivity contribution in [1.82, 2.24) is 25.2 Å². The van der Waals surface area contributed by atoms with Gasteiger partial charge in [0.25, 0.3) is 5.91 Å². The van der Waals surface area contributed by atoms with Crippen molar-refractivity contribution in [2.24, 2.45) is 0 Å². The van der Waals surface area contributed by atoms with E-state index < -0.39 is 30.0 Å². The first-order valence-electron chi connectivity index (χ1n) is 11.4. The maximum Gasteiger partial charge on any atom is 0.451 e. The van der Waals surface area contributed by atoms with Crippen molar-refractivity contribution < 1.29 is 32.6 Å². The number of halogens is 3. The van der Waals surface area contributed by atoms with Crippen LogP contribution in [0.1, 0.15) is 52.4 Å². The molecule has 196 valence electrons. The Morgan fingerprint density at radius 1 is 1.14 bits per heavy atom. The number of alkyl halides is 3. The topological polar surface area (TPSA) is 118 Å². The molecule has 0 spiro atoms. The maximum absolute atomic E-state index is 13.1. The highest BCUT2D eigenvalue weighted by Crippen LogP contribution is 2.31. The van der Waals surface area contributed by atoms with Crippen LogP contribution in [0.15, 0.2) is 36.8 Å². The second-order valence-electron chi connectivity index (χ2n) is 8.64. The van der Waals surface area contributed by atoms with Crippen LogP contribution >= 0.6 is 11.3 Å². The van der Waals surface area contributed by atoms with Crippen molar-refractivity contribution in [2.45, 2.75) is 45.0 Å². The van der Waals surface area contributed by atoms with E-state index in [2.05, 4.69) is 20.3 Å². The maximum atomic E-state index is 13.1. The summed E-state index contributed by atoms with van der Waals surface area (Å²) in [5, 5.41) is 12.6. The number of benzene rings is 1. The summed E-state index contributed by atoms with van der Waals surface area (Å²) < 4.78 is 44.4. The van der Waals surface area contributed by atoms with Crippen LogP contribution in [0.5, 0.6) is 5.75 Å². The van der Waals surface area contributed by atoms with E-state index in [0.717, 1.165) is 17.3 Å². The Labute approximate surface area is 214 Å². The molecule has 3 heterocycles. The first kappa shape index (κ1) is 26.3. The van der Waals surface area contributed by atoms with Gasteiger partial charge in [-0.2, -0.15) is 13.2 Å². The molecule has 1 aliphatic rings. The molecule has 1 saturated heterocycles. The number of carbonyl (C=O) groups excluding carboxylic acids is 1. The Bertz CT molecular complexity index is 1270. The predicted octanol–water partition coefficient (Wildman–Crippen LogP) is 4.94. The second kappa shape index (κ2) is 10.7. The zero-order chi connectivity index (χ0) is 26.7. The Hall–Kier alpha value is -3.74. The molecule has 0 bridgehead atoms. The summed E-state index contributed by atoms with van der Waals surface area (Å²) in [6.07, 6.45) is -1.02. The molecular formula is C24H24F3N5O4S. The van der Waals surface area contributed by atoms with Crippen LogP contribution in [-0.4, -0.2) is 56.2 Å². The van der Waals surface area contributed by atoms with Gasteiger partial charge in [0.05, 0.1) is 6.04 Å². The lowest BCUT2D eigenvalue weighted by Crippen LogP contribution is -2.41. The molecule has 3 aromatic rings. The SMILES string of the molecule is Cc1cnc(-c2cc(OC3CCN(C(=O)O)CC3)cc(C(=O)NC(C)c3cnc(C(F)(F)F)nc3)c2)s1. The summed E-state index contributed by atoms with van der Waals surface area (Å²) in [7, 11) is 0. The van der Waals surface area contributed by atoms with Crippen molar-refractivity contribution in [1.29, 1.82) is 0 Å². The fourth-order valence-corrected chi connectivity index (χ4v) is 4.59. The number of nitrogens with zero attached hydrogens (tertiary/aromatic N) is 4. The number of ether oxygens (including phenoxy) is 1. The fraction of sp³-hybridized carbons (Fsp3) is 0.375. The molecule has 2 amide bonds. The number of rotatable bonds is 6. The quantitative estimate of drug-likeness (QED) is 0.459. The molecule has 9 nitrogen and oxygen atoms in total. The summed E-state index contributed by atoms with van der Waals surface area (Å²) in [6.45, 7) is 4.24. The minimum atomic E-state index is -4.65. The van der Waals surface area contributed by atoms with E-state index >= 15 is 0 Å². The van der Waals surface area contributed by atoms with Gasteiger partial charge in [0, 0.05) is 66.1 Å². The average Bonchev–Trinajstić information content (AvgIpc) is 3.30. The molecule has 0 aliphatic carbocycles. The van der Waals surface area contributed by atoms with Gasteiger partial charge in [-0.1, -0.05) is 0 Å². The second-order valence-corrected chi connectivity index (χ2v) is 9.88. The number of amides is 2. The standard InChI is InChI=1S/C24H24F3N5O4S/c1-13-10-28-21(37-13)16-7-15(8-19(9-16)36-18-3-5-32(6-4-18)23(34)35)20(33)31-14(2)17-11-29-22(30-12-17)24(25,26)27/h7-12,14,18H,3-6H2,1-2H3,(H,31,33)(H,34,35). The minimum Gasteiger partial charge on any atom is -0.490 e. The van der Waals surface area contributed by atoms with Crippen molar-refractivity contribution in [2.75, 3.05) is 13.1 Å². The van der Waals surface area contributed by atoms with Gasteiger partial charge in [0.1, 0.15) is 16.9 Å². The molecule has 1 atom stereocenters. The minimum absolute atomic E-state index is 0.219. The number of carbonyl (C=O) groups is 2.